The van der Waals surface area contributed by atoms with Crippen LogP contribution in [0.4, 0.5) is 11.5 Å². The van der Waals surface area contributed by atoms with Crippen LogP contribution in [0.3, 0.4) is 0 Å². The largest absolute Gasteiger partial charge is 0.321 e. The van der Waals surface area contributed by atoms with Gasteiger partial charge in [0.2, 0.25) is 0 Å². The zero-order valence-corrected chi connectivity index (χ0v) is 11.1. The van der Waals surface area contributed by atoms with Crippen LogP contribution >= 0.6 is 11.8 Å². The van der Waals surface area contributed by atoms with Gasteiger partial charge in [0.25, 0.3) is 5.91 Å². The smallest absolute Gasteiger partial charge is 0.275 e. The Hall–Kier alpha value is -2.12. The number of nitrogens with zero attached hydrogens (tertiary/aromatic N) is 2. The van der Waals surface area contributed by atoms with Gasteiger partial charge in [0.05, 0.1) is 12.4 Å². The van der Waals surface area contributed by atoms with Crippen LogP contribution in [0.2, 0.25) is 0 Å². The molecule has 1 heterocycles. The average molecular weight is 275 g/mol. The lowest BCUT2D eigenvalue weighted by atomic mass is 10.3. The first-order chi connectivity index (χ1) is 9.22. The third kappa shape index (κ3) is 3.43. The minimum atomic E-state index is -0.332. The summed E-state index contributed by atoms with van der Waals surface area (Å²) in [5.74, 6) is 5.22. The second kappa shape index (κ2) is 6.17. The lowest BCUT2D eigenvalue weighted by Crippen LogP contribution is -2.16. The van der Waals surface area contributed by atoms with Gasteiger partial charge >= 0.3 is 0 Å². The third-order valence-corrected chi connectivity index (χ3v) is 3.11. The summed E-state index contributed by atoms with van der Waals surface area (Å²) in [5, 5.41) is 2.74. The fourth-order valence-electron chi connectivity index (χ4n) is 1.41. The number of nitrogens with two attached hydrogens (primary N) is 1. The summed E-state index contributed by atoms with van der Waals surface area (Å²) in [5.41, 5.74) is 3.25. The van der Waals surface area contributed by atoms with Crippen molar-refractivity contribution in [2.75, 3.05) is 17.0 Å². The van der Waals surface area contributed by atoms with Gasteiger partial charge in [0.1, 0.15) is 5.69 Å². The number of hydrogen-bond acceptors (Lipinski definition) is 6. The highest BCUT2D eigenvalue weighted by atomic mass is 32.2. The first-order valence-electron chi connectivity index (χ1n) is 5.47. The number of carbonyl (C=O) groups is 1. The molecule has 7 heteroatoms. The zero-order valence-electron chi connectivity index (χ0n) is 10.3. The maximum absolute atomic E-state index is 11.9. The molecule has 2 rings (SSSR count). The SMILES string of the molecule is CSc1ccc(NC(=O)c2cncc(NN)n2)cc1. The Kier molecular flexibility index (Phi) is 4.32. The minimum Gasteiger partial charge on any atom is -0.321 e. The van der Waals surface area contributed by atoms with Gasteiger partial charge in [-0.2, -0.15) is 0 Å². The van der Waals surface area contributed by atoms with Crippen LogP contribution in [-0.2, 0) is 0 Å². The molecule has 0 saturated heterocycles. The fraction of sp³-hybridized carbons (Fsp3) is 0.0833. The number of nitrogens with one attached hydrogen (secondary N) is 2. The predicted octanol–water partition coefficient (Wildman–Crippen LogP) is 1.74. The topological polar surface area (TPSA) is 92.9 Å². The summed E-state index contributed by atoms with van der Waals surface area (Å²) in [6.07, 6.45) is 4.81. The Bertz CT molecular complexity index is 573. The van der Waals surface area contributed by atoms with Crippen molar-refractivity contribution in [2.45, 2.75) is 4.90 Å². The standard InChI is InChI=1S/C12H13N5OS/c1-19-9-4-2-8(3-5-9)15-12(18)10-6-14-7-11(16-10)17-13/h2-7H,13H2,1H3,(H,15,18)(H,16,17). The average Bonchev–Trinajstić information content (AvgIpc) is 2.48. The summed E-state index contributed by atoms with van der Waals surface area (Å²) in [6.45, 7) is 0. The molecule has 2 aromatic rings. The second-order valence-corrected chi connectivity index (χ2v) is 4.50. The molecule has 1 aromatic heterocycles. The summed E-state index contributed by atoms with van der Waals surface area (Å²) in [4.78, 5) is 21.0. The summed E-state index contributed by atoms with van der Waals surface area (Å²) in [6, 6.07) is 7.54. The summed E-state index contributed by atoms with van der Waals surface area (Å²) >= 11 is 1.64. The first-order valence-corrected chi connectivity index (χ1v) is 6.69. The Morgan fingerprint density at radius 2 is 2.00 bits per heavy atom. The van der Waals surface area contributed by atoms with Crippen molar-refractivity contribution in [3.05, 3.63) is 42.4 Å². The highest BCUT2D eigenvalue weighted by Crippen LogP contribution is 2.17. The van der Waals surface area contributed by atoms with Crippen molar-refractivity contribution in [3.8, 4) is 0 Å². The zero-order chi connectivity index (χ0) is 13.7. The molecule has 0 aliphatic rings. The highest BCUT2D eigenvalue weighted by molar-refractivity contribution is 7.98. The predicted molar refractivity (Wildman–Crippen MR) is 76.0 cm³/mol. The van der Waals surface area contributed by atoms with Crippen LogP contribution < -0.4 is 16.6 Å². The molecule has 0 radical (unpaired) electrons. The van der Waals surface area contributed by atoms with E-state index < -0.39 is 0 Å². The number of hydrogen-bond donors (Lipinski definition) is 3. The molecule has 0 aliphatic heterocycles. The van der Waals surface area contributed by atoms with E-state index in [2.05, 4.69) is 20.7 Å². The molecule has 1 amide bonds. The molecule has 0 bridgehead atoms. The normalized spacial score (nSPS) is 10.0. The van der Waals surface area contributed by atoms with Gasteiger partial charge in [-0.15, -0.1) is 11.8 Å². The molecular formula is C12H13N5OS. The van der Waals surface area contributed by atoms with E-state index >= 15 is 0 Å². The van der Waals surface area contributed by atoms with E-state index in [1.54, 1.807) is 11.8 Å². The lowest BCUT2D eigenvalue weighted by molar-refractivity contribution is 0.102. The molecule has 6 nitrogen and oxygen atoms in total. The molecule has 0 saturated carbocycles. The van der Waals surface area contributed by atoms with E-state index in [-0.39, 0.29) is 11.6 Å². The second-order valence-electron chi connectivity index (χ2n) is 3.62. The van der Waals surface area contributed by atoms with Gasteiger partial charge in [-0.3, -0.25) is 9.78 Å². The lowest BCUT2D eigenvalue weighted by Gasteiger charge is -2.06. The monoisotopic (exact) mass is 275 g/mol. The highest BCUT2D eigenvalue weighted by Gasteiger charge is 2.08. The summed E-state index contributed by atoms with van der Waals surface area (Å²) < 4.78 is 0. The van der Waals surface area contributed by atoms with Crippen LogP contribution in [0.25, 0.3) is 0 Å². The molecule has 0 atom stereocenters. The van der Waals surface area contributed by atoms with Crippen molar-refractivity contribution in [1.29, 1.82) is 0 Å². The molecule has 0 spiro atoms. The number of nitrogen functional groups attached to an aromatic ring is 1. The Balaban J connectivity index is 2.11. The van der Waals surface area contributed by atoms with E-state index in [0.717, 1.165) is 4.90 Å². The van der Waals surface area contributed by atoms with Crippen LogP contribution in [0.1, 0.15) is 10.5 Å². The van der Waals surface area contributed by atoms with Crippen LogP contribution in [0.15, 0.2) is 41.6 Å². The fourth-order valence-corrected chi connectivity index (χ4v) is 1.82. The molecule has 4 N–H and O–H groups in total. The van der Waals surface area contributed by atoms with E-state index in [1.165, 1.54) is 12.4 Å². The van der Waals surface area contributed by atoms with Crippen LogP contribution in [0, 0.1) is 0 Å². The number of carbonyl (C=O) groups excluding carboxylic acids is 1. The van der Waals surface area contributed by atoms with E-state index in [1.807, 2.05) is 30.5 Å². The van der Waals surface area contributed by atoms with E-state index in [9.17, 15) is 4.79 Å². The van der Waals surface area contributed by atoms with Gasteiger partial charge in [-0.1, -0.05) is 0 Å². The van der Waals surface area contributed by atoms with Crippen molar-refractivity contribution >= 4 is 29.2 Å². The molecule has 0 fully saturated rings. The molecule has 1 aromatic carbocycles. The number of aromatic nitrogens is 2. The van der Waals surface area contributed by atoms with Gasteiger partial charge in [-0.25, -0.2) is 10.8 Å². The van der Waals surface area contributed by atoms with Gasteiger partial charge in [0.15, 0.2) is 5.82 Å². The number of hydrazine groups is 1. The van der Waals surface area contributed by atoms with Crippen molar-refractivity contribution < 1.29 is 4.79 Å². The van der Waals surface area contributed by atoms with Crippen LogP contribution in [0.5, 0.6) is 0 Å². The number of anilines is 2. The maximum Gasteiger partial charge on any atom is 0.275 e. The molecule has 19 heavy (non-hydrogen) atoms. The van der Waals surface area contributed by atoms with E-state index in [0.29, 0.717) is 11.5 Å². The number of thioether (sulfide) groups is 1. The Morgan fingerprint density at radius 1 is 1.26 bits per heavy atom. The van der Waals surface area contributed by atoms with Gasteiger partial charge < -0.3 is 10.7 Å². The van der Waals surface area contributed by atoms with Gasteiger partial charge in [-0.05, 0) is 30.5 Å². The van der Waals surface area contributed by atoms with E-state index in [4.69, 9.17) is 5.84 Å². The number of rotatable bonds is 4. The Labute approximate surface area is 114 Å². The third-order valence-electron chi connectivity index (χ3n) is 2.36. The Morgan fingerprint density at radius 3 is 2.63 bits per heavy atom. The van der Waals surface area contributed by atoms with Crippen LogP contribution in [-0.4, -0.2) is 22.1 Å². The van der Waals surface area contributed by atoms with Crippen molar-refractivity contribution in [1.82, 2.24) is 9.97 Å². The maximum atomic E-state index is 11.9. The number of amides is 1. The van der Waals surface area contributed by atoms with Crippen molar-refractivity contribution in [3.63, 3.8) is 0 Å². The summed E-state index contributed by atoms with van der Waals surface area (Å²) in [7, 11) is 0. The minimum absolute atomic E-state index is 0.199. The molecule has 98 valence electrons. The molecule has 0 aliphatic carbocycles. The van der Waals surface area contributed by atoms with Gasteiger partial charge in [0, 0.05) is 10.6 Å². The number of benzene rings is 1. The van der Waals surface area contributed by atoms with Crippen molar-refractivity contribution in [2.24, 2.45) is 5.84 Å². The molecular weight excluding hydrogens is 262 g/mol. The molecule has 0 unspecified atom stereocenters. The first kappa shape index (κ1) is 13.3. The quantitative estimate of drug-likeness (QED) is 0.447.